The Balaban J connectivity index is 0.00000180. The van der Waals surface area contributed by atoms with Crippen LogP contribution in [0.5, 0.6) is 0 Å². The Labute approximate surface area is 125 Å². The van der Waals surface area contributed by atoms with Crippen molar-refractivity contribution in [3.05, 3.63) is 30.3 Å². The molecule has 5 heteroatoms. The summed E-state index contributed by atoms with van der Waals surface area (Å²) >= 11 is 1.59. The van der Waals surface area contributed by atoms with Gasteiger partial charge in [-0.15, -0.1) is 24.2 Å². The quantitative estimate of drug-likeness (QED) is 0.839. The minimum absolute atomic E-state index is 0. The second-order valence-corrected chi connectivity index (χ2v) is 6.01. The summed E-state index contributed by atoms with van der Waals surface area (Å²) in [5.41, 5.74) is -0.0282. The largest absolute Gasteiger partial charge is 0.350 e. The van der Waals surface area contributed by atoms with Crippen molar-refractivity contribution in [2.75, 3.05) is 18.8 Å². The van der Waals surface area contributed by atoms with Crippen molar-refractivity contribution in [2.24, 2.45) is 0 Å². The number of piperidine rings is 1. The van der Waals surface area contributed by atoms with Crippen molar-refractivity contribution in [3.63, 3.8) is 0 Å². The third-order valence-corrected chi connectivity index (χ3v) is 4.27. The molecule has 0 radical (unpaired) electrons. The first kappa shape index (κ1) is 16.3. The molecule has 0 spiro atoms. The van der Waals surface area contributed by atoms with Gasteiger partial charge in [-0.1, -0.05) is 18.2 Å². The molecule has 1 saturated heterocycles. The predicted molar refractivity (Wildman–Crippen MR) is 83.1 cm³/mol. The molecule has 0 atom stereocenters. The first-order valence-corrected chi connectivity index (χ1v) is 7.36. The minimum Gasteiger partial charge on any atom is -0.350 e. The molecule has 1 fully saturated rings. The molecule has 0 unspecified atom stereocenters. The van der Waals surface area contributed by atoms with Crippen molar-refractivity contribution in [3.8, 4) is 0 Å². The van der Waals surface area contributed by atoms with Crippen LogP contribution >= 0.6 is 24.2 Å². The van der Waals surface area contributed by atoms with Crippen LogP contribution in [0.4, 0.5) is 0 Å². The zero-order valence-corrected chi connectivity index (χ0v) is 12.8. The predicted octanol–water partition coefficient (Wildman–Crippen LogP) is 2.46. The number of carbonyl (C=O) groups is 1. The van der Waals surface area contributed by atoms with Gasteiger partial charge in [-0.3, -0.25) is 4.79 Å². The van der Waals surface area contributed by atoms with Gasteiger partial charge in [0, 0.05) is 10.4 Å². The summed E-state index contributed by atoms with van der Waals surface area (Å²) in [6, 6.07) is 10.0. The van der Waals surface area contributed by atoms with Gasteiger partial charge in [-0.05, 0) is 45.0 Å². The average Bonchev–Trinajstić information content (AvgIpc) is 2.38. The van der Waals surface area contributed by atoms with Crippen LogP contribution < -0.4 is 10.6 Å². The molecular weight excluding hydrogens is 280 g/mol. The van der Waals surface area contributed by atoms with Crippen LogP contribution in [0.25, 0.3) is 0 Å². The summed E-state index contributed by atoms with van der Waals surface area (Å²) < 4.78 is 0. The van der Waals surface area contributed by atoms with E-state index >= 15 is 0 Å². The molecule has 0 aliphatic carbocycles. The SMILES string of the molecule is CC1(NC(=O)CSc2ccccc2)CCNCC1.Cl. The summed E-state index contributed by atoms with van der Waals surface area (Å²) in [7, 11) is 0. The van der Waals surface area contributed by atoms with E-state index in [0.717, 1.165) is 30.8 Å². The van der Waals surface area contributed by atoms with E-state index in [2.05, 4.69) is 17.6 Å². The highest BCUT2D eigenvalue weighted by Gasteiger charge is 2.27. The molecular formula is C14H21ClN2OS. The van der Waals surface area contributed by atoms with Gasteiger partial charge in [-0.25, -0.2) is 0 Å². The molecule has 106 valence electrons. The van der Waals surface area contributed by atoms with Gasteiger partial charge in [0.2, 0.25) is 5.91 Å². The Bertz CT molecular complexity index is 394. The van der Waals surface area contributed by atoms with Crippen LogP contribution in [0, 0.1) is 0 Å². The van der Waals surface area contributed by atoms with Crippen LogP contribution in [-0.4, -0.2) is 30.3 Å². The van der Waals surface area contributed by atoms with E-state index in [0.29, 0.717) is 5.75 Å². The highest BCUT2D eigenvalue weighted by molar-refractivity contribution is 8.00. The molecule has 0 saturated carbocycles. The first-order valence-electron chi connectivity index (χ1n) is 6.38. The maximum Gasteiger partial charge on any atom is 0.230 e. The van der Waals surface area contributed by atoms with Gasteiger partial charge >= 0.3 is 0 Å². The fraction of sp³-hybridized carbons (Fsp3) is 0.500. The van der Waals surface area contributed by atoms with E-state index in [9.17, 15) is 4.79 Å². The molecule has 1 aliphatic heterocycles. The van der Waals surface area contributed by atoms with Gasteiger partial charge in [0.1, 0.15) is 0 Å². The Kier molecular flexibility index (Phi) is 6.69. The van der Waals surface area contributed by atoms with Crippen LogP contribution in [0.15, 0.2) is 35.2 Å². The molecule has 1 aliphatic rings. The summed E-state index contributed by atoms with van der Waals surface area (Å²) in [6.45, 7) is 4.12. The Morgan fingerprint density at radius 3 is 2.58 bits per heavy atom. The van der Waals surface area contributed by atoms with E-state index in [4.69, 9.17) is 0 Å². The van der Waals surface area contributed by atoms with Crippen molar-refractivity contribution in [1.29, 1.82) is 0 Å². The maximum atomic E-state index is 11.9. The van der Waals surface area contributed by atoms with E-state index in [1.54, 1.807) is 11.8 Å². The number of carbonyl (C=O) groups excluding carboxylic acids is 1. The smallest absolute Gasteiger partial charge is 0.230 e. The third-order valence-electron chi connectivity index (χ3n) is 3.26. The Hall–Kier alpha value is -0.710. The molecule has 2 N–H and O–H groups in total. The summed E-state index contributed by atoms with van der Waals surface area (Å²) in [5.74, 6) is 0.626. The number of benzene rings is 1. The molecule has 1 aromatic rings. The number of hydrogen-bond donors (Lipinski definition) is 2. The molecule has 1 heterocycles. The molecule has 1 aromatic carbocycles. The fourth-order valence-electron chi connectivity index (χ4n) is 2.14. The van der Waals surface area contributed by atoms with E-state index in [1.807, 2.05) is 30.3 Å². The zero-order chi connectivity index (χ0) is 12.8. The number of hydrogen-bond acceptors (Lipinski definition) is 3. The van der Waals surface area contributed by atoms with Crippen molar-refractivity contribution >= 4 is 30.1 Å². The summed E-state index contributed by atoms with van der Waals surface area (Å²) in [5, 5.41) is 6.48. The lowest BCUT2D eigenvalue weighted by Gasteiger charge is -2.35. The first-order chi connectivity index (χ1) is 8.68. The van der Waals surface area contributed by atoms with E-state index in [1.165, 1.54) is 0 Å². The lowest BCUT2D eigenvalue weighted by atomic mass is 9.91. The molecule has 0 aromatic heterocycles. The molecule has 2 rings (SSSR count). The molecule has 1 amide bonds. The van der Waals surface area contributed by atoms with Crippen molar-refractivity contribution in [2.45, 2.75) is 30.2 Å². The van der Waals surface area contributed by atoms with Crippen molar-refractivity contribution in [1.82, 2.24) is 10.6 Å². The van der Waals surface area contributed by atoms with E-state index < -0.39 is 0 Å². The normalized spacial score (nSPS) is 17.3. The highest BCUT2D eigenvalue weighted by atomic mass is 35.5. The monoisotopic (exact) mass is 300 g/mol. The van der Waals surface area contributed by atoms with Gasteiger partial charge < -0.3 is 10.6 Å². The number of thioether (sulfide) groups is 1. The van der Waals surface area contributed by atoms with E-state index in [-0.39, 0.29) is 23.9 Å². The lowest BCUT2D eigenvalue weighted by molar-refractivity contribution is -0.120. The maximum absolute atomic E-state index is 11.9. The topological polar surface area (TPSA) is 41.1 Å². The second-order valence-electron chi connectivity index (χ2n) is 4.96. The minimum atomic E-state index is -0.0282. The van der Waals surface area contributed by atoms with Crippen molar-refractivity contribution < 1.29 is 4.79 Å². The second kappa shape index (κ2) is 7.78. The van der Waals surface area contributed by atoms with Gasteiger partial charge in [0.25, 0.3) is 0 Å². The van der Waals surface area contributed by atoms with Gasteiger partial charge in [0.05, 0.1) is 5.75 Å². The summed E-state index contributed by atoms with van der Waals surface area (Å²) in [4.78, 5) is 13.1. The van der Waals surface area contributed by atoms with Crippen LogP contribution in [0.3, 0.4) is 0 Å². The van der Waals surface area contributed by atoms with Gasteiger partial charge in [0.15, 0.2) is 0 Å². The number of nitrogens with one attached hydrogen (secondary N) is 2. The van der Waals surface area contributed by atoms with Crippen LogP contribution in [0.2, 0.25) is 0 Å². The number of rotatable bonds is 4. The fourth-order valence-corrected chi connectivity index (χ4v) is 2.86. The highest BCUT2D eigenvalue weighted by Crippen LogP contribution is 2.19. The van der Waals surface area contributed by atoms with Gasteiger partial charge in [-0.2, -0.15) is 0 Å². The molecule has 19 heavy (non-hydrogen) atoms. The average molecular weight is 301 g/mol. The standard InChI is InChI=1S/C14H20N2OS.ClH/c1-14(7-9-15-10-8-14)16-13(17)11-18-12-5-3-2-4-6-12;/h2-6,15H,7-11H2,1H3,(H,16,17);1H. The third kappa shape index (κ3) is 5.43. The zero-order valence-electron chi connectivity index (χ0n) is 11.1. The Morgan fingerprint density at radius 2 is 1.95 bits per heavy atom. The molecule has 0 bridgehead atoms. The van der Waals surface area contributed by atoms with Crippen LogP contribution in [-0.2, 0) is 4.79 Å². The number of amides is 1. The summed E-state index contributed by atoms with van der Waals surface area (Å²) in [6.07, 6.45) is 2.02. The lowest BCUT2D eigenvalue weighted by Crippen LogP contribution is -2.52. The Morgan fingerprint density at radius 1 is 1.32 bits per heavy atom. The molecule has 3 nitrogen and oxygen atoms in total. The number of halogens is 1. The van der Waals surface area contributed by atoms with Crippen LogP contribution in [0.1, 0.15) is 19.8 Å².